The number of Topliss-reactive ketones (excluding diaryl/α,β-unsaturated/α-hetero) is 1. The van der Waals surface area contributed by atoms with Crippen molar-refractivity contribution in [3.8, 4) is 6.07 Å². The first-order chi connectivity index (χ1) is 9.52. The molecule has 0 N–H and O–H groups in total. The van der Waals surface area contributed by atoms with Crippen LogP contribution in [0, 0.1) is 14.9 Å². The van der Waals surface area contributed by atoms with E-state index in [1.807, 2.05) is 6.07 Å². The fraction of sp³-hybridized carbons (Fsp3) is 0.0667. The van der Waals surface area contributed by atoms with E-state index in [1.54, 1.807) is 42.5 Å². The highest BCUT2D eigenvalue weighted by Gasteiger charge is 2.24. The van der Waals surface area contributed by atoms with Gasteiger partial charge in [-0.2, -0.15) is 5.26 Å². The molecule has 0 amide bonds. The Morgan fingerprint density at radius 2 is 1.85 bits per heavy atom. The van der Waals surface area contributed by atoms with Gasteiger partial charge in [-0.25, -0.2) is 0 Å². The standard InChI is InChI=1S/C15H8Cl2INO/c16-10-3-1-2-9(6-10)13(8-19)15(20)12-7-11(17)4-5-14(12)18/h1-7,13H. The first-order valence-electron chi connectivity index (χ1n) is 5.67. The monoisotopic (exact) mass is 415 g/mol. The molecule has 1 atom stereocenters. The van der Waals surface area contributed by atoms with Crippen LogP contribution in [0.15, 0.2) is 42.5 Å². The van der Waals surface area contributed by atoms with E-state index in [-0.39, 0.29) is 5.78 Å². The summed E-state index contributed by atoms with van der Waals surface area (Å²) in [6, 6.07) is 13.9. The number of halogens is 3. The van der Waals surface area contributed by atoms with E-state index in [2.05, 4.69) is 22.6 Å². The van der Waals surface area contributed by atoms with Crippen LogP contribution in [-0.2, 0) is 0 Å². The van der Waals surface area contributed by atoms with Gasteiger partial charge < -0.3 is 0 Å². The third kappa shape index (κ3) is 3.32. The van der Waals surface area contributed by atoms with Gasteiger partial charge in [0.2, 0.25) is 0 Å². The molecule has 0 spiro atoms. The Bertz CT molecular complexity index is 709. The lowest BCUT2D eigenvalue weighted by Gasteiger charge is -2.10. The topological polar surface area (TPSA) is 40.9 Å². The van der Waals surface area contributed by atoms with Gasteiger partial charge >= 0.3 is 0 Å². The molecule has 0 radical (unpaired) electrons. The quantitative estimate of drug-likeness (QED) is 0.517. The van der Waals surface area contributed by atoms with Crippen LogP contribution < -0.4 is 0 Å². The summed E-state index contributed by atoms with van der Waals surface area (Å²) in [6.45, 7) is 0. The lowest BCUT2D eigenvalue weighted by molar-refractivity contribution is 0.0978. The van der Waals surface area contributed by atoms with Gasteiger partial charge in [0.05, 0.1) is 6.07 Å². The molecule has 0 aromatic heterocycles. The summed E-state index contributed by atoms with van der Waals surface area (Å²) < 4.78 is 0.763. The van der Waals surface area contributed by atoms with E-state index >= 15 is 0 Å². The average Bonchev–Trinajstić information content (AvgIpc) is 2.42. The molecule has 2 aromatic carbocycles. The number of carbonyl (C=O) groups is 1. The second-order valence-electron chi connectivity index (χ2n) is 4.11. The number of benzene rings is 2. The van der Waals surface area contributed by atoms with Crippen molar-refractivity contribution < 1.29 is 4.79 Å². The molecule has 0 aliphatic carbocycles. The fourth-order valence-corrected chi connectivity index (χ4v) is 2.78. The van der Waals surface area contributed by atoms with Crippen LogP contribution in [0.25, 0.3) is 0 Å². The maximum absolute atomic E-state index is 12.5. The number of carbonyl (C=O) groups excluding carboxylic acids is 1. The number of nitriles is 1. The highest BCUT2D eigenvalue weighted by atomic mass is 127. The van der Waals surface area contributed by atoms with Crippen LogP contribution in [0.4, 0.5) is 0 Å². The van der Waals surface area contributed by atoms with Crippen molar-refractivity contribution in [2.45, 2.75) is 5.92 Å². The molecule has 0 bridgehead atoms. The van der Waals surface area contributed by atoms with E-state index in [4.69, 9.17) is 23.2 Å². The predicted octanol–water partition coefficient (Wildman–Crippen LogP) is 5.09. The molecular formula is C15H8Cl2INO. The van der Waals surface area contributed by atoms with Crippen molar-refractivity contribution in [1.29, 1.82) is 5.26 Å². The molecule has 1 unspecified atom stereocenters. The lowest BCUT2D eigenvalue weighted by atomic mass is 9.92. The van der Waals surface area contributed by atoms with E-state index < -0.39 is 5.92 Å². The summed E-state index contributed by atoms with van der Waals surface area (Å²) in [6.07, 6.45) is 0. The van der Waals surface area contributed by atoms with Gasteiger partial charge in [-0.3, -0.25) is 4.79 Å². The van der Waals surface area contributed by atoms with Crippen molar-refractivity contribution in [3.05, 3.63) is 67.2 Å². The van der Waals surface area contributed by atoms with Crippen LogP contribution in [0.2, 0.25) is 10.0 Å². The number of rotatable bonds is 3. The summed E-state index contributed by atoms with van der Waals surface area (Å²) in [5.41, 5.74) is 1.03. The summed E-state index contributed by atoms with van der Waals surface area (Å²) in [5, 5.41) is 10.3. The van der Waals surface area contributed by atoms with Crippen molar-refractivity contribution in [2.24, 2.45) is 0 Å². The van der Waals surface area contributed by atoms with Gasteiger partial charge in [0, 0.05) is 19.2 Å². The minimum Gasteiger partial charge on any atom is -0.292 e. The lowest BCUT2D eigenvalue weighted by Crippen LogP contribution is -2.12. The molecule has 100 valence electrons. The van der Waals surface area contributed by atoms with Crippen LogP contribution in [0.3, 0.4) is 0 Å². The van der Waals surface area contributed by atoms with Gasteiger partial charge in [0.1, 0.15) is 5.92 Å². The first kappa shape index (κ1) is 15.3. The smallest absolute Gasteiger partial charge is 0.185 e. The minimum absolute atomic E-state index is 0.276. The Kier molecular flexibility index (Phi) is 5.03. The molecule has 5 heteroatoms. The maximum Gasteiger partial charge on any atom is 0.185 e. The highest BCUT2D eigenvalue weighted by molar-refractivity contribution is 14.1. The largest absolute Gasteiger partial charge is 0.292 e. The van der Waals surface area contributed by atoms with Gasteiger partial charge in [0.25, 0.3) is 0 Å². The summed E-state index contributed by atoms with van der Waals surface area (Å²) in [7, 11) is 0. The van der Waals surface area contributed by atoms with E-state index in [1.165, 1.54) is 0 Å². The Balaban J connectivity index is 2.45. The van der Waals surface area contributed by atoms with E-state index in [0.29, 0.717) is 21.2 Å². The van der Waals surface area contributed by atoms with Crippen molar-refractivity contribution >= 4 is 51.6 Å². The molecular weight excluding hydrogens is 408 g/mol. The zero-order valence-electron chi connectivity index (χ0n) is 10.1. The minimum atomic E-state index is -0.888. The van der Waals surface area contributed by atoms with Crippen molar-refractivity contribution in [1.82, 2.24) is 0 Å². The van der Waals surface area contributed by atoms with Crippen molar-refractivity contribution in [3.63, 3.8) is 0 Å². The second kappa shape index (κ2) is 6.57. The van der Waals surface area contributed by atoms with Gasteiger partial charge in [0.15, 0.2) is 5.78 Å². The zero-order chi connectivity index (χ0) is 14.7. The molecule has 0 saturated carbocycles. The number of ketones is 1. The van der Waals surface area contributed by atoms with E-state index in [9.17, 15) is 10.1 Å². The molecule has 2 aromatic rings. The normalized spacial score (nSPS) is 11.7. The number of hydrogen-bond donors (Lipinski definition) is 0. The zero-order valence-corrected chi connectivity index (χ0v) is 13.8. The Morgan fingerprint density at radius 1 is 1.15 bits per heavy atom. The highest BCUT2D eigenvalue weighted by Crippen LogP contribution is 2.27. The van der Waals surface area contributed by atoms with Crippen LogP contribution in [0.5, 0.6) is 0 Å². The Morgan fingerprint density at radius 3 is 2.50 bits per heavy atom. The average molecular weight is 416 g/mol. The number of hydrogen-bond acceptors (Lipinski definition) is 2. The molecule has 0 aliphatic heterocycles. The molecule has 0 aliphatic rings. The Hall–Kier alpha value is -1.09. The predicted molar refractivity (Wildman–Crippen MR) is 88.3 cm³/mol. The maximum atomic E-state index is 12.5. The SMILES string of the molecule is N#CC(C(=O)c1cc(Cl)ccc1I)c1cccc(Cl)c1. The molecule has 2 rings (SSSR count). The van der Waals surface area contributed by atoms with Crippen molar-refractivity contribution in [2.75, 3.05) is 0 Å². The van der Waals surface area contributed by atoms with Crippen LogP contribution in [0.1, 0.15) is 21.8 Å². The third-order valence-electron chi connectivity index (χ3n) is 2.77. The van der Waals surface area contributed by atoms with Crippen LogP contribution >= 0.6 is 45.8 Å². The molecule has 2 nitrogen and oxygen atoms in total. The summed E-state index contributed by atoms with van der Waals surface area (Å²) in [4.78, 5) is 12.5. The summed E-state index contributed by atoms with van der Waals surface area (Å²) in [5.74, 6) is -1.16. The molecule has 0 saturated heterocycles. The molecule has 0 heterocycles. The fourth-order valence-electron chi connectivity index (χ4n) is 1.81. The van der Waals surface area contributed by atoms with Crippen LogP contribution in [-0.4, -0.2) is 5.78 Å². The van der Waals surface area contributed by atoms with E-state index in [0.717, 1.165) is 3.57 Å². The number of nitrogens with zero attached hydrogens (tertiary/aromatic N) is 1. The van der Waals surface area contributed by atoms with Gasteiger partial charge in [-0.05, 0) is 58.5 Å². The molecule has 20 heavy (non-hydrogen) atoms. The Labute approximate surface area is 140 Å². The first-order valence-corrected chi connectivity index (χ1v) is 7.50. The second-order valence-corrected chi connectivity index (χ2v) is 6.14. The third-order valence-corrected chi connectivity index (χ3v) is 4.18. The van der Waals surface area contributed by atoms with Gasteiger partial charge in [-0.1, -0.05) is 35.3 Å². The summed E-state index contributed by atoms with van der Waals surface area (Å²) >= 11 is 13.9. The van der Waals surface area contributed by atoms with Gasteiger partial charge in [-0.15, -0.1) is 0 Å². The molecule has 0 fully saturated rings.